The Morgan fingerprint density at radius 2 is 1.94 bits per heavy atom. The summed E-state index contributed by atoms with van der Waals surface area (Å²) in [5, 5.41) is 10.4. The summed E-state index contributed by atoms with van der Waals surface area (Å²) in [5.74, 6) is 0. The van der Waals surface area contributed by atoms with Gasteiger partial charge in [0.05, 0.1) is 10.5 Å². The van der Waals surface area contributed by atoms with Gasteiger partial charge in [-0.05, 0) is 22.6 Å². The first-order chi connectivity index (χ1) is 7.64. The first-order valence-corrected chi connectivity index (χ1v) is 4.92. The minimum absolute atomic E-state index is 0.0657. The molecule has 0 aliphatic carbocycles. The number of aromatic nitrogens is 1. The van der Waals surface area contributed by atoms with Crippen molar-refractivity contribution < 1.29 is 26.9 Å². The Labute approximate surface area is 104 Å². The fraction of sp³-hybridized carbons (Fsp3) is 0.286. The van der Waals surface area contributed by atoms with Gasteiger partial charge in [0.1, 0.15) is 3.70 Å². The maximum absolute atomic E-state index is 12.4. The third-order valence-corrected chi connectivity index (χ3v) is 2.52. The molecule has 0 aliphatic rings. The first kappa shape index (κ1) is 14.0. The third kappa shape index (κ3) is 2.98. The maximum atomic E-state index is 12.4. The topological polar surface area (TPSA) is 56.0 Å². The van der Waals surface area contributed by atoms with Gasteiger partial charge in [-0.25, -0.2) is 13.8 Å². The largest absolute Gasteiger partial charge is 0.419 e. The quantitative estimate of drug-likeness (QED) is 0.264. The van der Waals surface area contributed by atoms with E-state index >= 15 is 0 Å². The molecule has 0 atom stereocenters. The molecule has 0 fully saturated rings. The molecule has 0 amide bonds. The second-order valence-electron chi connectivity index (χ2n) is 2.79. The van der Waals surface area contributed by atoms with E-state index in [0.29, 0.717) is 0 Å². The van der Waals surface area contributed by atoms with Crippen LogP contribution in [0.4, 0.5) is 27.6 Å². The Balaban J connectivity index is 3.51. The van der Waals surface area contributed by atoms with Crippen LogP contribution in [0.2, 0.25) is 0 Å². The molecule has 0 radical (unpaired) electrons. The molecule has 0 saturated heterocycles. The number of hydrogen-bond acceptors (Lipinski definition) is 3. The molecule has 1 heterocycles. The predicted octanol–water partition coefficient (Wildman–Crippen LogP) is 3.55. The summed E-state index contributed by atoms with van der Waals surface area (Å²) in [7, 11) is 0. The molecule has 0 N–H and O–H groups in total. The fourth-order valence-electron chi connectivity index (χ4n) is 0.999. The van der Waals surface area contributed by atoms with E-state index in [1.165, 1.54) is 0 Å². The van der Waals surface area contributed by atoms with Crippen LogP contribution in [-0.4, -0.2) is 9.91 Å². The smallest absolute Gasteiger partial charge is 0.258 e. The number of hydrogen-bond donors (Lipinski definition) is 0. The lowest BCUT2D eigenvalue weighted by atomic mass is 10.2. The maximum Gasteiger partial charge on any atom is 0.419 e. The van der Waals surface area contributed by atoms with Crippen LogP contribution in [-0.2, 0) is 6.18 Å². The zero-order valence-corrected chi connectivity index (χ0v) is 9.79. The lowest BCUT2D eigenvalue weighted by molar-refractivity contribution is -0.386. The van der Waals surface area contributed by atoms with E-state index < -0.39 is 38.2 Å². The molecule has 17 heavy (non-hydrogen) atoms. The number of halogens is 6. The molecule has 0 aromatic carbocycles. The summed E-state index contributed by atoms with van der Waals surface area (Å²) >= 11 is 1.10. The van der Waals surface area contributed by atoms with Gasteiger partial charge in [0.15, 0.2) is 5.69 Å². The molecule has 0 aliphatic heterocycles. The van der Waals surface area contributed by atoms with Gasteiger partial charge in [-0.15, -0.1) is 0 Å². The van der Waals surface area contributed by atoms with Crippen LogP contribution in [0.5, 0.6) is 0 Å². The van der Waals surface area contributed by atoms with Crippen molar-refractivity contribution in [1.29, 1.82) is 0 Å². The van der Waals surface area contributed by atoms with Gasteiger partial charge in [-0.3, -0.25) is 10.1 Å². The first-order valence-electron chi connectivity index (χ1n) is 3.84. The van der Waals surface area contributed by atoms with E-state index in [1.807, 2.05) is 0 Å². The van der Waals surface area contributed by atoms with Crippen LogP contribution in [0.15, 0.2) is 6.07 Å². The second kappa shape index (κ2) is 4.66. The zero-order valence-electron chi connectivity index (χ0n) is 7.63. The molecule has 0 spiro atoms. The number of alkyl halides is 5. The standard InChI is InChI=1S/C7H2F5IN2O2/c8-5(9)4-3(15(16)17)1-2(6(13)14-4)7(10,11)12/h1,5H. The van der Waals surface area contributed by atoms with Crippen molar-refractivity contribution in [2.45, 2.75) is 12.6 Å². The SMILES string of the molecule is O=[N+]([O-])c1cc(C(F)(F)F)c(I)nc1C(F)F. The van der Waals surface area contributed by atoms with Crippen LogP contribution in [0.3, 0.4) is 0 Å². The summed E-state index contributed by atoms with van der Waals surface area (Å²) in [6.07, 6.45) is -8.19. The Bertz CT molecular complexity index is 462. The van der Waals surface area contributed by atoms with Crippen LogP contribution >= 0.6 is 22.6 Å². The van der Waals surface area contributed by atoms with Crippen LogP contribution < -0.4 is 0 Å². The van der Waals surface area contributed by atoms with Crippen molar-refractivity contribution >= 4 is 28.3 Å². The van der Waals surface area contributed by atoms with Gasteiger partial charge >= 0.3 is 6.18 Å². The molecule has 0 saturated carbocycles. The van der Waals surface area contributed by atoms with Gasteiger partial charge in [0, 0.05) is 6.07 Å². The van der Waals surface area contributed by atoms with Crippen molar-refractivity contribution in [1.82, 2.24) is 4.98 Å². The van der Waals surface area contributed by atoms with Gasteiger partial charge in [-0.2, -0.15) is 13.2 Å². The molecule has 1 aromatic heterocycles. The summed E-state index contributed by atoms with van der Waals surface area (Å²) in [4.78, 5) is 12.0. The number of pyridine rings is 1. The highest BCUT2D eigenvalue weighted by molar-refractivity contribution is 14.1. The van der Waals surface area contributed by atoms with E-state index in [0.717, 1.165) is 22.6 Å². The van der Waals surface area contributed by atoms with E-state index in [-0.39, 0.29) is 6.07 Å². The minimum Gasteiger partial charge on any atom is -0.258 e. The van der Waals surface area contributed by atoms with Crippen molar-refractivity contribution in [3.05, 3.63) is 31.1 Å². The van der Waals surface area contributed by atoms with Crippen molar-refractivity contribution in [3.8, 4) is 0 Å². The highest BCUT2D eigenvalue weighted by Gasteiger charge is 2.38. The summed E-state index contributed by atoms with van der Waals surface area (Å²) in [6, 6.07) is 0.0657. The van der Waals surface area contributed by atoms with Crippen molar-refractivity contribution in [2.24, 2.45) is 0 Å². The molecule has 10 heteroatoms. The van der Waals surface area contributed by atoms with Crippen LogP contribution in [0.1, 0.15) is 17.7 Å². The Morgan fingerprint density at radius 3 is 2.29 bits per heavy atom. The summed E-state index contributed by atoms with van der Waals surface area (Å²) in [6.45, 7) is 0. The third-order valence-electron chi connectivity index (χ3n) is 1.69. The molecule has 1 rings (SSSR count). The van der Waals surface area contributed by atoms with Gasteiger partial charge in [-0.1, -0.05) is 0 Å². The highest BCUT2D eigenvalue weighted by atomic mass is 127. The summed E-state index contributed by atoms with van der Waals surface area (Å²) in [5.41, 5.74) is -4.02. The lowest BCUT2D eigenvalue weighted by Crippen LogP contribution is -2.12. The monoisotopic (exact) mass is 368 g/mol. The number of nitro groups is 1. The highest BCUT2D eigenvalue weighted by Crippen LogP contribution is 2.37. The minimum atomic E-state index is -4.88. The van der Waals surface area contributed by atoms with Gasteiger partial charge < -0.3 is 0 Å². The van der Waals surface area contributed by atoms with Crippen molar-refractivity contribution in [3.63, 3.8) is 0 Å². The predicted molar refractivity (Wildman–Crippen MR) is 53.6 cm³/mol. The molecule has 94 valence electrons. The van der Waals surface area contributed by atoms with Crippen LogP contribution in [0.25, 0.3) is 0 Å². The Hall–Kier alpha value is -1.07. The Morgan fingerprint density at radius 1 is 1.41 bits per heavy atom. The Kier molecular flexibility index (Phi) is 3.84. The summed E-state index contributed by atoms with van der Waals surface area (Å²) < 4.78 is 61.0. The molecule has 4 nitrogen and oxygen atoms in total. The molecule has 0 bridgehead atoms. The number of nitrogens with zero attached hydrogens (tertiary/aromatic N) is 2. The second-order valence-corrected chi connectivity index (χ2v) is 3.81. The average molecular weight is 368 g/mol. The van der Waals surface area contributed by atoms with Crippen molar-refractivity contribution in [2.75, 3.05) is 0 Å². The van der Waals surface area contributed by atoms with E-state index in [2.05, 4.69) is 4.98 Å². The van der Waals surface area contributed by atoms with E-state index in [4.69, 9.17) is 0 Å². The molecular formula is C7H2F5IN2O2. The molecule has 0 unspecified atom stereocenters. The number of rotatable bonds is 2. The van der Waals surface area contributed by atoms with E-state index in [9.17, 15) is 32.1 Å². The van der Waals surface area contributed by atoms with E-state index in [1.54, 1.807) is 0 Å². The molecular weight excluding hydrogens is 366 g/mol. The lowest BCUT2D eigenvalue weighted by Gasteiger charge is -2.10. The average Bonchev–Trinajstić information content (AvgIpc) is 2.14. The van der Waals surface area contributed by atoms with Crippen LogP contribution in [0, 0.1) is 13.8 Å². The zero-order chi connectivity index (χ0) is 13.4. The molecule has 1 aromatic rings. The normalized spacial score (nSPS) is 11.9. The van der Waals surface area contributed by atoms with Gasteiger partial charge in [0.25, 0.3) is 12.1 Å². The van der Waals surface area contributed by atoms with Gasteiger partial charge in [0.2, 0.25) is 0 Å². The fourth-order valence-corrected chi connectivity index (χ4v) is 1.72.